The van der Waals surface area contributed by atoms with E-state index in [1.807, 2.05) is 24.6 Å². The second kappa shape index (κ2) is 10.3. The molecular formula is C31H26F3N3O6S. The Morgan fingerprint density at radius 2 is 1.73 bits per heavy atom. The van der Waals surface area contributed by atoms with Gasteiger partial charge in [-0.15, -0.1) is 0 Å². The Kier molecular flexibility index (Phi) is 6.94. The van der Waals surface area contributed by atoms with Crippen LogP contribution in [0.5, 0.6) is 5.75 Å². The molecule has 0 saturated carbocycles. The van der Waals surface area contributed by atoms with E-state index in [4.69, 9.17) is 4.42 Å². The van der Waals surface area contributed by atoms with Gasteiger partial charge in [0.2, 0.25) is 0 Å². The highest BCUT2D eigenvalue weighted by Gasteiger charge is 2.50. The minimum absolute atomic E-state index is 0.115. The predicted molar refractivity (Wildman–Crippen MR) is 154 cm³/mol. The summed E-state index contributed by atoms with van der Waals surface area (Å²) in [4.78, 5) is 8.76. The van der Waals surface area contributed by atoms with Crippen LogP contribution in [0.15, 0.2) is 64.0 Å². The van der Waals surface area contributed by atoms with Crippen molar-refractivity contribution in [2.75, 3.05) is 6.26 Å². The smallest absolute Gasteiger partial charge is 0.429 e. The molecule has 1 unspecified atom stereocenters. The molecule has 1 aliphatic heterocycles. The van der Waals surface area contributed by atoms with Crippen LogP contribution in [0.4, 0.5) is 13.2 Å². The van der Waals surface area contributed by atoms with E-state index in [1.54, 1.807) is 25.1 Å². The van der Waals surface area contributed by atoms with Gasteiger partial charge >= 0.3 is 6.11 Å². The number of nitrogens with zero attached hydrogens (tertiary/aromatic N) is 3. The third kappa shape index (κ3) is 4.96. The number of ether oxygens (including phenoxy) is 1. The number of hydrogen-bond acceptors (Lipinski definition) is 8. The van der Waals surface area contributed by atoms with E-state index in [0.29, 0.717) is 33.9 Å². The first kappa shape index (κ1) is 29.6. The number of aliphatic hydroxyl groups excluding tert-OH is 2. The molecule has 0 amide bonds. The Morgan fingerprint density at radius 3 is 2.39 bits per heavy atom. The number of rotatable bonds is 6. The summed E-state index contributed by atoms with van der Waals surface area (Å²) < 4.78 is 80.6. The number of hydrogen-bond donors (Lipinski definition) is 2. The lowest BCUT2D eigenvalue weighted by atomic mass is 9.96. The quantitative estimate of drug-likeness (QED) is 0.241. The molecule has 0 aliphatic carbocycles. The Hall–Kier alpha value is -4.46. The van der Waals surface area contributed by atoms with Gasteiger partial charge in [-0.3, -0.25) is 0 Å². The zero-order valence-corrected chi connectivity index (χ0v) is 24.7. The van der Waals surface area contributed by atoms with Crippen molar-refractivity contribution in [2.45, 2.75) is 44.5 Å². The van der Waals surface area contributed by atoms with E-state index in [-0.39, 0.29) is 39.0 Å². The molecule has 0 saturated heterocycles. The summed E-state index contributed by atoms with van der Waals surface area (Å²) in [6.07, 6.45) is -3.22. The molecule has 1 atom stereocenters. The van der Waals surface area contributed by atoms with Gasteiger partial charge in [-0.2, -0.15) is 8.78 Å². The maximum atomic E-state index is 15.1. The van der Waals surface area contributed by atoms with Crippen molar-refractivity contribution in [3.05, 3.63) is 89.1 Å². The molecular weight excluding hydrogens is 599 g/mol. The second-order valence-electron chi connectivity index (χ2n) is 10.6. The van der Waals surface area contributed by atoms with Crippen LogP contribution in [-0.2, 0) is 16.4 Å². The first-order valence-electron chi connectivity index (χ1n) is 13.4. The van der Waals surface area contributed by atoms with E-state index in [1.165, 1.54) is 24.3 Å². The number of imidazole rings is 1. The van der Waals surface area contributed by atoms with Gasteiger partial charge in [-0.25, -0.2) is 22.8 Å². The van der Waals surface area contributed by atoms with Crippen LogP contribution in [0.2, 0.25) is 0 Å². The average Bonchev–Trinajstić information content (AvgIpc) is 3.58. The number of benzene rings is 3. The predicted octanol–water partition coefficient (Wildman–Crippen LogP) is 5.84. The summed E-state index contributed by atoms with van der Waals surface area (Å²) in [7, 11) is -3.90. The van der Waals surface area contributed by atoms with Gasteiger partial charge < -0.3 is 23.9 Å². The molecule has 0 radical (unpaired) electrons. The molecule has 0 bridgehead atoms. The molecule has 0 fully saturated rings. The molecule has 44 heavy (non-hydrogen) atoms. The van der Waals surface area contributed by atoms with Gasteiger partial charge in [0.05, 0.1) is 22.9 Å². The van der Waals surface area contributed by atoms with Crippen molar-refractivity contribution in [3.8, 4) is 45.1 Å². The summed E-state index contributed by atoms with van der Waals surface area (Å²) in [5, 5.41) is 19.8. The Labute approximate surface area is 250 Å². The highest BCUT2D eigenvalue weighted by molar-refractivity contribution is 7.90. The number of aliphatic hydroxyl groups is 2. The number of aryl methyl sites for hydroxylation is 3. The molecule has 3 aromatic carbocycles. The molecule has 13 heteroatoms. The Morgan fingerprint density at radius 1 is 1.00 bits per heavy atom. The standard InChI is InChI=1S/C31H26F3N3O6S/c1-15-13-37(16(2)35-15)25-7-5-18(20-11-24(32)23(14-38)27(12-20)44(4,40)41)9-21(25)28-29(42-17(3)36-28)19-6-8-26-22(10-19)30(39)31(33,34)43-26/h5-13,30,38-39H,14H2,1-4H3. The van der Waals surface area contributed by atoms with Crippen LogP contribution in [0.3, 0.4) is 0 Å². The number of halogens is 3. The zero-order valence-electron chi connectivity index (χ0n) is 23.9. The molecule has 6 rings (SSSR count). The van der Waals surface area contributed by atoms with Crippen molar-refractivity contribution in [1.82, 2.24) is 14.5 Å². The third-order valence-corrected chi connectivity index (χ3v) is 8.59. The van der Waals surface area contributed by atoms with Crippen LogP contribution < -0.4 is 4.74 Å². The van der Waals surface area contributed by atoms with Crippen LogP contribution in [0, 0.1) is 26.6 Å². The number of alkyl halides is 2. The van der Waals surface area contributed by atoms with Crippen LogP contribution in [0.25, 0.3) is 39.4 Å². The molecule has 3 heterocycles. The van der Waals surface area contributed by atoms with E-state index in [9.17, 15) is 27.4 Å². The minimum Gasteiger partial charge on any atom is -0.440 e. The van der Waals surface area contributed by atoms with Crippen LogP contribution in [0.1, 0.15) is 34.6 Å². The molecule has 228 valence electrons. The molecule has 2 aromatic heterocycles. The van der Waals surface area contributed by atoms with Crippen molar-refractivity contribution in [3.63, 3.8) is 0 Å². The first-order chi connectivity index (χ1) is 20.7. The lowest BCUT2D eigenvalue weighted by Gasteiger charge is -2.15. The molecule has 9 nitrogen and oxygen atoms in total. The van der Waals surface area contributed by atoms with Crippen LogP contribution >= 0.6 is 0 Å². The Balaban J connectivity index is 1.59. The van der Waals surface area contributed by atoms with E-state index in [2.05, 4.69) is 14.7 Å². The molecule has 2 N–H and O–H groups in total. The molecule has 1 aliphatic rings. The minimum atomic E-state index is -3.90. The van der Waals surface area contributed by atoms with E-state index >= 15 is 4.39 Å². The SMILES string of the molecule is Cc1cn(-c2ccc(-c3cc(F)c(CO)c(S(C)(=O)=O)c3)cc2-c2nc(C)oc2-c2ccc3c(c2)C(O)C(F)(F)O3)c(C)n1. The second-order valence-corrected chi connectivity index (χ2v) is 12.6. The normalized spacial score (nSPS) is 15.8. The third-order valence-electron chi connectivity index (χ3n) is 7.42. The van der Waals surface area contributed by atoms with Crippen molar-refractivity contribution < 1.29 is 41.0 Å². The van der Waals surface area contributed by atoms with E-state index in [0.717, 1.165) is 18.0 Å². The van der Waals surface area contributed by atoms with Gasteiger partial charge in [0.15, 0.2) is 27.6 Å². The highest BCUT2D eigenvalue weighted by atomic mass is 32.2. The number of aromatic nitrogens is 3. The topological polar surface area (TPSA) is 128 Å². The van der Waals surface area contributed by atoms with Gasteiger partial charge in [0, 0.05) is 41.6 Å². The molecule has 5 aromatic rings. The summed E-state index contributed by atoms with van der Waals surface area (Å²) >= 11 is 0. The number of fused-ring (bicyclic) bond motifs is 1. The van der Waals surface area contributed by atoms with E-state index < -0.39 is 34.5 Å². The molecule has 0 spiro atoms. The monoisotopic (exact) mass is 625 g/mol. The van der Waals surface area contributed by atoms with Crippen molar-refractivity contribution in [2.24, 2.45) is 0 Å². The summed E-state index contributed by atoms with van der Waals surface area (Å²) in [6, 6.07) is 11.7. The van der Waals surface area contributed by atoms with Gasteiger partial charge in [0.25, 0.3) is 0 Å². The number of sulfone groups is 1. The van der Waals surface area contributed by atoms with Gasteiger partial charge in [0.1, 0.15) is 23.1 Å². The number of oxazole rings is 1. The van der Waals surface area contributed by atoms with Gasteiger partial charge in [-0.05, 0) is 67.4 Å². The summed E-state index contributed by atoms with van der Waals surface area (Å²) in [5.41, 5.74) is 2.67. The maximum Gasteiger partial charge on any atom is 0.429 e. The largest absolute Gasteiger partial charge is 0.440 e. The fourth-order valence-electron chi connectivity index (χ4n) is 5.42. The summed E-state index contributed by atoms with van der Waals surface area (Å²) in [6.45, 7) is 4.45. The summed E-state index contributed by atoms with van der Waals surface area (Å²) in [5.74, 6) is 0.0672. The van der Waals surface area contributed by atoms with Gasteiger partial charge in [-0.1, -0.05) is 6.07 Å². The fraction of sp³-hybridized carbons (Fsp3) is 0.226. The maximum absolute atomic E-state index is 15.1. The first-order valence-corrected chi connectivity index (χ1v) is 15.2. The lowest BCUT2D eigenvalue weighted by Crippen LogP contribution is -2.26. The van der Waals surface area contributed by atoms with Crippen molar-refractivity contribution >= 4 is 9.84 Å². The fourth-order valence-corrected chi connectivity index (χ4v) is 6.38. The average molecular weight is 626 g/mol. The van der Waals surface area contributed by atoms with Crippen molar-refractivity contribution in [1.29, 1.82) is 0 Å². The van der Waals surface area contributed by atoms with Crippen LogP contribution in [-0.4, -0.2) is 45.5 Å². The Bertz CT molecular complexity index is 2070. The lowest BCUT2D eigenvalue weighted by molar-refractivity contribution is -0.224. The zero-order chi connectivity index (χ0) is 31.7. The highest BCUT2D eigenvalue weighted by Crippen LogP contribution is 2.47.